The number of rotatable bonds is 4. The Hall–Kier alpha value is -0.340. The number of hydrogen-bond donors (Lipinski definition) is 1. The Balaban J connectivity index is 2.00. The van der Waals surface area contributed by atoms with E-state index in [4.69, 9.17) is 5.73 Å². The zero-order valence-corrected chi connectivity index (χ0v) is 7.29. The molecule has 0 saturated carbocycles. The van der Waals surface area contributed by atoms with E-state index in [1.807, 2.05) is 6.08 Å². The SMILES string of the molecule is CCC1CN(C/C=C/CN)C1. The van der Waals surface area contributed by atoms with Gasteiger partial charge in [0.05, 0.1) is 0 Å². The largest absolute Gasteiger partial charge is 0.327 e. The van der Waals surface area contributed by atoms with Gasteiger partial charge < -0.3 is 5.73 Å². The zero-order valence-electron chi connectivity index (χ0n) is 7.29. The monoisotopic (exact) mass is 154 g/mol. The van der Waals surface area contributed by atoms with Crippen LogP contribution < -0.4 is 5.73 Å². The van der Waals surface area contributed by atoms with Gasteiger partial charge in [-0.05, 0) is 5.92 Å². The van der Waals surface area contributed by atoms with Crippen molar-refractivity contribution in [1.82, 2.24) is 4.90 Å². The minimum atomic E-state index is 0.672. The van der Waals surface area contributed by atoms with Gasteiger partial charge in [-0.15, -0.1) is 0 Å². The lowest BCUT2D eigenvalue weighted by Gasteiger charge is -2.38. The van der Waals surface area contributed by atoms with Crippen LogP contribution in [0, 0.1) is 5.92 Å². The standard InChI is InChI=1S/C9H18N2/c1-2-9-7-11(8-9)6-4-3-5-10/h3-4,9H,2,5-8,10H2,1H3/b4-3+. The highest BCUT2D eigenvalue weighted by Crippen LogP contribution is 2.17. The number of hydrogen-bond acceptors (Lipinski definition) is 2. The van der Waals surface area contributed by atoms with Gasteiger partial charge in [0.2, 0.25) is 0 Å². The molecule has 1 aliphatic rings. The normalized spacial score (nSPS) is 20.9. The summed E-state index contributed by atoms with van der Waals surface area (Å²) in [4.78, 5) is 2.44. The minimum Gasteiger partial charge on any atom is -0.327 e. The van der Waals surface area contributed by atoms with E-state index in [-0.39, 0.29) is 0 Å². The molecule has 0 amide bonds. The Morgan fingerprint density at radius 2 is 2.18 bits per heavy atom. The maximum absolute atomic E-state index is 5.32. The van der Waals surface area contributed by atoms with Gasteiger partial charge in [-0.2, -0.15) is 0 Å². The highest BCUT2D eigenvalue weighted by atomic mass is 15.2. The van der Waals surface area contributed by atoms with Crippen molar-refractivity contribution in [3.63, 3.8) is 0 Å². The van der Waals surface area contributed by atoms with E-state index < -0.39 is 0 Å². The van der Waals surface area contributed by atoms with Crippen LogP contribution >= 0.6 is 0 Å². The average molecular weight is 154 g/mol. The van der Waals surface area contributed by atoms with Crippen molar-refractivity contribution in [3.8, 4) is 0 Å². The molecule has 1 heterocycles. The Kier molecular flexibility index (Phi) is 3.60. The van der Waals surface area contributed by atoms with Crippen molar-refractivity contribution in [2.24, 2.45) is 11.7 Å². The predicted octanol–water partition coefficient (Wildman–Crippen LogP) is 0.843. The second kappa shape index (κ2) is 4.52. The molecule has 0 unspecified atom stereocenters. The van der Waals surface area contributed by atoms with Gasteiger partial charge in [0.25, 0.3) is 0 Å². The molecule has 1 saturated heterocycles. The summed E-state index contributed by atoms with van der Waals surface area (Å²) in [5.41, 5.74) is 5.32. The first-order valence-electron chi connectivity index (χ1n) is 4.44. The van der Waals surface area contributed by atoms with E-state index in [1.54, 1.807) is 0 Å². The lowest BCUT2D eigenvalue weighted by Crippen LogP contribution is -2.46. The molecule has 0 aromatic heterocycles. The summed E-state index contributed by atoms with van der Waals surface area (Å²) in [5, 5.41) is 0. The summed E-state index contributed by atoms with van der Waals surface area (Å²) < 4.78 is 0. The van der Waals surface area contributed by atoms with Crippen LogP contribution in [-0.4, -0.2) is 31.1 Å². The van der Waals surface area contributed by atoms with E-state index in [9.17, 15) is 0 Å². The molecule has 64 valence electrons. The third-order valence-corrected chi connectivity index (χ3v) is 2.28. The molecular weight excluding hydrogens is 136 g/mol. The van der Waals surface area contributed by atoms with Gasteiger partial charge in [-0.3, -0.25) is 4.90 Å². The zero-order chi connectivity index (χ0) is 8.10. The number of likely N-dealkylation sites (tertiary alicyclic amines) is 1. The number of nitrogens with two attached hydrogens (primary N) is 1. The summed E-state index contributed by atoms with van der Waals surface area (Å²) in [6, 6.07) is 0. The molecule has 2 heteroatoms. The summed E-state index contributed by atoms with van der Waals surface area (Å²) in [5.74, 6) is 0.960. The van der Waals surface area contributed by atoms with Crippen molar-refractivity contribution >= 4 is 0 Å². The smallest absolute Gasteiger partial charge is 0.0163 e. The second-order valence-corrected chi connectivity index (χ2v) is 3.20. The van der Waals surface area contributed by atoms with Crippen LogP contribution in [0.1, 0.15) is 13.3 Å². The molecule has 2 N–H and O–H groups in total. The van der Waals surface area contributed by atoms with Crippen molar-refractivity contribution in [2.45, 2.75) is 13.3 Å². The van der Waals surface area contributed by atoms with E-state index in [0.717, 1.165) is 12.5 Å². The molecule has 0 spiro atoms. The van der Waals surface area contributed by atoms with Crippen molar-refractivity contribution < 1.29 is 0 Å². The second-order valence-electron chi connectivity index (χ2n) is 3.20. The van der Waals surface area contributed by atoms with Crippen LogP contribution in [-0.2, 0) is 0 Å². The Bertz CT molecular complexity index is 126. The highest BCUT2D eigenvalue weighted by molar-refractivity contribution is 4.89. The first-order chi connectivity index (χ1) is 5.36. The fraction of sp³-hybridized carbons (Fsp3) is 0.778. The lowest BCUT2D eigenvalue weighted by molar-refractivity contribution is 0.113. The van der Waals surface area contributed by atoms with Crippen molar-refractivity contribution in [1.29, 1.82) is 0 Å². The van der Waals surface area contributed by atoms with Crippen molar-refractivity contribution in [3.05, 3.63) is 12.2 Å². The number of nitrogens with zero attached hydrogens (tertiary/aromatic N) is 1. The molecule has 2 nitrogen and oxygen atoms in total. The van der Waals surface area contributed by atoms with Gasteiger partial charge in [-0.25, -0.2) is 0 Å². The average Bonchev–Trinajstić information content (AvgIpc) is 1.94. The van der Waals surface area contributed by atoms with Gasteiger partial charge in [-0.1, -0.05) is 25.5 Å². The molecular formula is C9H18N2. The van der Waals surface area contributed by atoms with E-state index in [1.165, 1.54) is 19.5 Å². The van der Waals surface area contributed by atoms with Gasteiger partial charge >= 0.3 is 0 Å². The van der Waals surface area contributed by atoms with Gasteiger partial charge in [0, 0.05) is 26.2 Å². The van der Waals surface area contributed by atoms with Crippen LogP contribution in [0.2, 0.25) is 0 Å². The summed E-state index contributed by atoms with van der Waals surface area (Å²) >= 11 is 0. The van der Waals surface area contributed by atoms with Gasteiger partial charge in [0.1, 0.15) is 0 Å². The molecule has 1 fully saturated rings. The first kappa shape index (κ1) is 8.75. The summed E-state index contributed by atoms with van der Waals surface area (Å²) in [6.07, 6.45) is 5.52. The van der Waals surface area contributed by atoms with Crippen molar-refractivity contribution in [2.75, 3.05) is 26.2 Å². The maximum Gasteiger partial charge on any atom is 0.0163 e. The predicted molar refractivity (Wildman–Crippen MR) is 48.4 cm³/mol. The summed E-state index contributed by atoms with van der Waals surface area (Å²) in [7, 11) is 0. The molecule has 1 aliphatic heterocycles. The molecule has 0 radical (unpaired) electrons. The molecule has 0 aromatic carbocycles. The first-order valence-corrected chi connectivity index (χ1v) is 4.44. The molecule has 0 aliphatic carbocycles. The summed E-state index contributed by atoms with van der Waals surface area (Å²) in [6.45, 7) is 6.59. The molecule has 0 atom stereocenters. The Morgan fingerprint density at radius 3 is 2.73 bits per heavy atom. The van der Waals surface area contributed by atoms with E-state index in [2.05, 4.69) is 17.9 Å². The van der Waals surface area contributed by atoms with Crippen LogP contribution in [0.15, 0.2) is 12.2 Å². The van der Waals surface area contributed by atoms with Crippen LogP contribution in [0.3, 0.4) is 0 Å². The molecule has 11 heavy (non-hydrogen) atoms. The van der Waals surface area contributed by atoms with Gasteiger partial charge in [0.15, 0.2) is 0 Å². The lowest BCUT2D eigenvalue weighted by atomic mass is 9.98. The third kappa shape index (κ3) is 2.64. The minimum absolute atomic E-state index is 0.672. The highest BCUT2D eigenvalue weighted by Gasteiger charge is 2.22. The fourth-order valence-electron chi connectivity index (χ4n) is 1.40. The maximum atomic E-state index is 5.32. The molecule has 0 bridgehead atoms. The van der Waals surface area contributed by atoms with Crippen LogP contribution in [0.5, 0.6) is 0 Å². The third-order valence-electron chi connectivity index (χ3n) is 2.28. The topological polar surface area (TPSA) is 29.3 Å². The van der Waals surface area contributed by atoms with E-state index >= 15 is 0 Å². The Labute approximate surface area is 69.1 Å². The Morgan fingerprint density at radius 1 is 1.45 bits per heavy atom. The molecule has 1 rings (SSSR count). The quantitative estimate of drug-likeness (QED) is 0.608. The van der Waals surface area contributed by atoms with Crippen LogP contribution in [0.25, 0.3) is 0 Å². The fourth-order valence-corrected chi connectivity index (χ4v) is 1.40. The molecule has 0 aromatic rings. The van der Waals surface area contributed by atoms with E-state index in [0.29, 0.717) is 6.54 Å². The van der Waals surface area contributed by atoms with Crippen LogP contribution in [0.4, 0.5) is 0 Å².